The molecule has 108 valence electrons. The van der Waals surface area contributed by atoms with E-state index in [0.29, 0.717) is 17.0 Å². The number of rotatable bonds is 4. The van der Waals surface area contributed by atoms with Crippen LogP contribution in [0.5, 0.6) is 0 Å². The van der Waals surface area contributed by atoms with Crippen LogP contribution in [0.3, 0.4) is 0 Å². The van der Waals surface area contributed by atoms with E-state index in [2.05, 4.69) is 21.2 Å². The van der Waals surface area contributed by atoms with Gasteiger partial charge in [0.1, 0.15) is 0 Å². The zero-order valence-corrected chi connectivity index (χ0v) is 13.9. The number of halogens is 1. The molecule has 1 amide bonds. The first kappa shape index (κ1) is 15.7. The van der Waals surface area contributed by atoms with E-state index < -0.39 is 0 Å². The largest absolute Gasteiger partial charge is 0.393 e. The second kappa shape index (κ2) is 6.83. The summed E-state index contributed by atoms with van der Waals surface area (Å²) in [6, 6.07) is 13.1. The highest BCUT2D eigenvalue weighted by Gasteiger charge is 2.11. The van der Waals surface area contributed by atoms with Crippen LogP contribution in [0.1, 0.15) is 21.5 Å². The molecule has 2 rings (SSSR count). The van der Waals surface area contributed by atoms with Gasteiger partial charge in [0, 0.05) is 16.6 Å². The van der Waals surface area contributed by atoms with Crippen LogP contribution in [0, 0.1) is 6.92 Å². The monoisotopic (exact) mass is 362 g/mol. The second-order valence-corrected chi connectivity index (χ2v) is 6.05. The molecule has 0 fully saturated rings. The molecule has 21 heavy (non-hydrogen) atoms. The van der Waals surface area contributed by atoms with Crippen LogP contribution >= 0.6 is 28.1 Å². The molecule has 3 N–H and O–H groups in total. The number of nitrogens with one attached hydrogen (secondary N) is 1. The lowest BCUT2D eigenvalue weighted by molar-refractivity contribution is 0.102. The average Bonchev–Trinajstić information content (AvgIpc) is 2.43. The molecule has 2 aromatic carbocycles. The minimum Gasteiger partial charge on any atom is -0.393 e. The molecule has 0 saturated heterocycles. The molecule has 0 aliphatic carbocycles. The smallest absolute Gasteiger partial charge is 0.256 e. The van der Waals surface area contributed by atoms with Crippen LogP contribution < -0.4 is 11.1 Å². The third-order valence-electron chi connectivity index (χ3n) is 3.03. The van der Waals surface area contributed by atoms with Crippen LogP contribution in [0.4, 0.5) is 5.69 Å². The minimum atomic E-state index is -0.146. The molecule has 0 heterocycles. The van der Waals surface area contributed by atoms with Crippen LogP contribution in [-0.4, -0.2) is 10.9 Å². The first-order valence-electron chi connectivity index (χ1n) is 6.41. The Labute approximate surface area is 137 Å². The van der Waals surface area contributed by atoms with Crippen molar-refractivity contribution in [2.24, 2.45) is 5.73 Å². The lowest BCUT2D eigenvalue weighted by Crippen LogP contribution is -2.13. The third kappa shape index (κ3) is 4.12. The van der Waals surface area contributed by atoms with Crippen LogP contribution in [0.2, 0.25) is 0 Å². The molecule has 0 aliphatic rings. The van der Waals surface area contributed by atoms with Crippen LogP contribution in [0.15, 0.2) is 46.9 Å². The Morgan fingerprint density at radius 2 is 1.90 bits per heavy atom. The first-order valence-corrected chi connectivity index (χ1v) is 7.61. The Balaban J connectivity index is 2.12. The number of nitrogens with two attached hydrogens (primary N) is 1. The number of amides is 1. The molecule has 0 spiro atoms. The molecule has 0 aliphatic heterocycles. The lowest BCUT2D eigenvalue weighted by Gasteiger charge is -2.09. The van der Waals surface area contributed by atoms with Crippen molar-refractivity contribution in [3.8, 4) is 0 Å². The van der Waals surface area contributed by atoms with Gasteiger partial charge in [0.2, 0.25) is 0 Å². The summed E-state index contributed by atoms with van der Waals surface area (Å²) in [4.78, 5) is 12.7. The molecule has 0 bridgehead atoms. The second-order valence-electron chi connectivity index (χ2n) is 4.73. The normalized spacial score (nSPS) is 10.2. The number of carbonyl (C=O) groups is 1. The maximum atomic E-state index is 12.3. The van der Waals surface area contributed by atoms with E-state index in [0.717, 1.165) is 21.3 Å². The van der Waals surface area contributed by atoms with Gasteiger partial charge >= 0.3 is 0 Å². The lowest BCUT2D eigenvalue weighted by atomic mass is 10.1. The summed E-state index contributed by atoms with van der Waals surface area (Å²) in [6.45, 7) is 1.95. The van der Waals surface area contributed by atoms with E-state index in [1.807, 2.05) is 43.3 Å². The molecular weight excluding hydrogens is 348 g/mol. The van der Waals surface area contributed by atoms with Crippen LogP contribution in [-0.2, 0) is 6.42 Å². The van der Waals surface area contributed by atoms with Gasteiger partial charge in [0.15, 0.2) is 0 Å². The number of anilines is 1. The predicted molar refractivity (Wildman–Crippen MR) is 93.8 cm³/mol. The van der Waals surface area contributed by atoms with E-state index in [1.165, 1.54) is 0 Å². The van der Waals surface area contributed by atoms with E-state index in [4.69, 9.17) is 18.0 Å². The molecule has 3 nitrogen and oxygen atoms in total. The molecule has 5 heteroatoms. The van der Waals surface area contributed by atoms with Crippen molar-refractivity contribution in [2.45, 2.75) is 13.3 Å². The standard InChI is InChI=1S/C16H15BrN2OS/c1-10-3-2-4-13(15(10)17)16(20)19-12-7-5-11(6-8-12)9-14(18)21/h2-8H,9H2,1H3,(H2,18,21)(H,19,20). The predicted octanol–water partition coefficient (Wildman–Crippen LogP) is 3.84. The maximum absolute atomic E-state index is 12.3. The fourth-order valence-corrected chi connectivity index (χ4v) is 2.54. The Bertz CT molecular complexity index is 683. The van der Waals surface area contributed by atoms with Crippen molar-refractivity contribution in [1.82, 2.24) is 0 Å². The van der Waals surface area contributed by atoms with E-state index in [1.54, 1.807) is 6.07 Å². The number of carbonyl (C=O) groups excluding carboxylic acids is 1. The molecule has 0 unspecified atom stereocenters. The topological polar surface area (TPSA) is 55.1 Å². The third-order valence-corrected chi connectivity index (χ3v) is 4.22. The van der Waals surface area contributed by atoms with E-state index in [-0.39, 0.29) is 5.91 Å². The van der Waals surface area contributed by atoms with Crippen molar-refractivity contribution in [3.05, 3.63) is 63.6 Å². The number of thiocarbonyl (C=S) groups is 1. The van der Waals surface area contributed by atoms with Gasteiger partial charge in [-0.05, 0) is 52.2 Å². The van der Waals surface area contributed by atoms with Crippen LogP contribution in [0.25, 0.3) is 0 Å². The highest BCUT2D eigenvalue weighted by Crippen LogP contribution is 2.22. The van der Waals surface area contributed by atoms with Gasteiger partial charge in [0.25, 0.3) is 5.91 Å². The number of hydrogen-bond acceptors (Lipinski definition) is 2. The van der Waals surface area contributed by atoms with Gasteiger partial charge in [-0.15, -0.1) is 0 Å². The van der Waals surface area contributed by atoms with E-state index in [9.17, 15) is 4.79 Å². The highest BCUT2D eigenvalue weighted by molar-refractivity contribution is 9.10. The zero-order chi connectivity index (χ0) is 15.4. The van der Waals surface area contributed by atoms with Gasteiger partial charge in [0.05, 0.1) is 10.6 Å². The molecule has 0 radical (unpaired) electrons. The summed E-state index contributed by atoms with van der Waals surface area (Å²) in [5.41, 5.74) is 8.90. The van der Waals surface area contributed by atoms with Crippen molar-refractivity contribution in [1.29, 1.82) is 0 Å². The number of hydrogen-bond donors (Lipinski definition) is 2. The summed E-state index contributed by atoms with van der Waals surface area (Å²) in [5.74, 6) is -0.146. The zero-order valence-electron chi connectivity index (χ0n) is 11.5. The van der Waals surface area contributed by atoms with E-state index >= 15 is 0 Å². The van der Waals surface area contributed by atoms with Crippen molar-refractivity contribution < 1.29 is 4.79 Å². The maximum Gasteiger partial charge on any atom is 0.256 e. The highest BCUT2D eigenvalue weighted by atomic mass is 79.9. The summed E-state index contributed by atoms with van der Waals surface area (Å²) in [7, 11) is 0. The first-order chi connectivity index (χ1) is 9.97. The van der Waals surface area contributed by atoms with Gasteiger partial charge in [-0.2, -0.15) is 0 Å². The Morgan fingerprint density at radius 3 is 2.52 bits per heavy atom. The SMILES string of the molecule is Cc1cccc(C(=O)Nc2ccc(CC(N)=S)cc2)c1Br. The van der Waals surface area contributed by atoms with Crippen molar-refractivity contribution in [2.75, 3.05) is 5.32 Å². The summed E-state index contributed by atoms with van der Waals surface area (Å²) in [6.07, 6.45) is 0.562. The molecule has 0 saturated carbocycles. The summed E-state index contributed by atoms with van der Waals surface area (Å²) in [5, 5.41) is 2.87. The quantitative estimate of drug-likeness (QED) is 0.812. The average molecular weight is 363 g/mol. The van der Waals surface area contributed by atoms with Crippen molar-refractivity contribution >= 4 is 44.7 Å². The Hall–Kier alpha value is -1.72. The van der Waals surface area contributed by atoms with Gasteiger partial charge in [-0.3, -0.25) is 4.79 Å². The number of benzene rings is 2. The Morgan fingerprint density at radius 1 is 1.24 bits per heavy atom. The van der Waals surface area contributed by atoms with Crippen molar-refractivity contribution in [3.63, 3.8) is 0 Å². The molecular formula is C16H15BrN2OS. The van der Waals surface area contributed by atoms with Gasteiger partial charge in [-0.1, -0.05) is 36.5 Å². The van der Waals surface area contributed by atoms with Gasteiger partial charge in [-0.25, -0.2) is 0 Å². The molecule has 0 atom stereocenters. The minimum absolute atomic E-state index is 0.146. The fraction of sp³-hybridized carbons (Fsp3) is 0.125. The number of aryl methyl sites for hydroxylation is 1. The fourth-order valence-electron chi connectivity index (χ4n) is 1.93. The summed E-state index contributed by atoms with van der Waals surface area (Å²) < 4.78 is 0.813. The van der Waals surface area contributed by atoms with Gasteiger partial charge < -0.3 is 11.1 Å². The molecule has 2 aromatic rings. The Kier molecular flexibility index (Phi) is 5.09. The molecule has 0 aromatic heterocycles. The summed E-state index contributed by atoms with van der Waals surface area (Å²) >= 11 is 8.32.